The summed E-state index contributed by atoms with van der Waals surface area (Å²) in [5.74, 6) is 0. The van der Waals surface area contributed by atoms with Gasteiger partial charge in [-0.25, -0.2) is 4.98 Å². The second-order valence-corrected chi connectivity index (χ2v) is 4.09. The van der Waals surface area contributed by atoms with E-state index in [2.05, 4.69) is 11.9 Å². The number of fused-ring (bicyclic) bond motifs is 1. The van der Waals surface area contributed by atoms with Gasteiger partial charge in [0.25, 0.3) is 0 Å². The van der Waals surface area contributed by atoms with Gasteiger partial charge in [0.05, 0.1) is 16.4 Å². The van der Waals surface area contributed by atoms with Gasteiger partial charge in [-0.2, -0.15) is 0 Å². The number of imidazole rings is 1. The number of nitrogen functional groups attached to an aromatic ring is 1. The van der Waals surface area contributed by atoms with Gasteiger partial charge in [-0.15, -0.1) is 0 Å². The molecule has 2 rings (SSSR count). The molecule has 0 aromatic carbocycles. The molecule has 0 unspecified atom stereocenters. The summed E-state index contributed by atoms with van der Waals surface area (Å²) in [5.41, 5.74) is 8.26. The molecule has 0 amide bonds. The molecular formula is C11H14ClN3. The minimum atomic E-state index is 0.565. The molecule has 15 heavy (non-hydrogen) atoms. The quantitative estimate of drug-likeness (QED) is 0.870. The number of anilines is 1. The number of hydrogen-bond acceptors (Lipinski definition) is 2. The highest BCUT2D eigenvalue weighted by Crippen LogP contribution is 2.20. The van der Waals surface area contributed by atoms with E-state index in [0.717, 1.165) is 24.2 Å². The highest BCUT2D eigenvalue weighted by atomic mass is 35.5. The van der Waals surface area contributed by atoms with Crippen molar-refractivity contribution in [2.24, 2.45) is 0 Å². The van der Waals surface area contributed by atoms with Gasteiger partial charge in [0.1, 0.15) is 5.65 Å². The SMILES string of the molecule is CCCCc1cn2cc(N)c(Cl)cc2n1. The summed E-state index contributed by atoms with van der Waals surface area (Å²) in [5, 5.41) is 0.565. The topological polar surface area (TPSA) is 43.3 Å². The van der Waals surface area contributed by atoms with E-state index in [9.17, 15) is 0 Å². The van der Waals surface area contributed by atoms with Crippen molar-refractivity contribution in [1.29, 1.82) is 0 Å². The van der Waals surface area contributed by atoms with Crippen molar-refractivity contribution in [3.63, 3.8) is 0 Å². The molecule has 0 aliphatic heterocycles. The molecule has 0 radical (unpaired) electrons. The number of pyridine rings is 1. The first-order valence-electron chi connectivity index (χ1n) is 5.13. The Morgan fingerprint density at radius 3 is 3.00 bits per heavy atom. The third-order valence-electron chi connectivity index (χ3n) is 2.41. The molecule has 80 valence electrons. The molecule has 0 saturated heterocycles. The van der Waals surface area contributed by atoms with Gasteiger partial charge in [-0.1, -0.05) is 24.9 Å². The van der Waals surface area contributed by atoms with Crippen LogP contribution in [0.2, 0.25) is 5.02 Å². The lowest BCUT2D eigenvalue weighted by Crippen LogP contribution is -1.90. The van der Waals surface area contributed by atoms with Gasteiger partial charge in [0.15, 0.2) is 0 Å². The van der Waals surface area contributed by atoms with Crippen molar-refractivity contribution in [2.45, 2.75) is 26.2 Å². The van der Waals surface area contributed by atoms with Gasteiger partial charge in [0.2, 0.25) is 0 Å². The van der Waals surface area contributed by atoms with Crippen molar-refractivity contribution in [1.82, 2.24) is 9.38 Å². The molecule has 0 aliphatic rings. The lowest BCUT2D eigenvalue weighted by molar-refractivity contribution is 0.781. The van der Waals surface area contributed by atoms with Crippen LogP contribution in [0.15, 0.2) is 18.5 Å². The highest BCUT2D eigenvalue weighted by molar-refractivity contribution is 6.33. The fourth-order valence-electron chi connectivity index (χ4n) is 1.56. The maximum atomic E-state index is 5.92. The monoisotopic (exact) mass is 223 g/mol. The lowest BCUT2D eigenvalue weighted by atomic mass is 10.2. The number of halogens is 1. The minimum Gasteiger partial charge on any atom is -0.396 e. The van der Waals surface area contributed by atoms with Crippen LogP contribution in [-0.4, -0.2) is 9.38 Å². The number of nitrogens with two attached hydrogens (primary N) is 1. The summed E-state index contributed by atoms with van der Waals surface area (Å²) < 4.78 is 1.92. The molecule has 0 bridgehead atoms. The standard InChI is InChI=1S/C11H14ClN3/c1-2-3-4-8-6-15-7-10(13)9(12)5-11(15)14-8/h5-7H,2-4,13H2,1H3. The van der Waals surface area contributed by atoms with Crippen molar-refractivity contribution in [3.05, 3.63) is 29.2 Å². The van der Waals surface area contributed by atoms with E-state index in [1.54, 1.807) is 12.3 Å². The van der Waals surface area contributed by atoms with Crippen LogP contribution >= 0.6 is 11.6 Å². The van der Waals surface area contributed by atoms with Gasteiger partial charge in [-0.3, -0.25) is 0 Å². The lowest BCUT2D eigenvalue weighted by Gasteiger charge is -1.97. The molecule has 2 aromatic rings. The summed E-state index contributed by atoms with van der Waals surface area (Å²) in [6.45, 7) is 2.17. The molecule has 4 heteroatoms. The van der Waals surface area contributed by atoms with E-state index in [4.69, 9.17) is 17.3 Å². The fourth-order valence-corrected chi connectivity index (χ4v) is 1.70. The first-order chi connectivity index (χ1) is 7.20. The van der Waals surface area contributed by atoms with E-state index < -0.39 is 0 Å². The Morgan fingerprint density at radius 1 is 1.47 bits per heavy atom. The molecule has 3 nitrogen and oxygen atoms in total. The Balaban J connectivity index is 2.38. The number of rotatable bonds is 3. The molecule has 0 fully saturated rings. The van der Waals surface area contributed by atoms with Crippen LogP contribution in [0.5, 0.6) is 0 Å². The van der Waals surface area contributed by atoms with Crippen LogP contribution in [0.1, 0.15) is 25.5 Å². The largest absolute Gasteiger partial charge is 0.396 e. The van der Waals surface area contributed by atoms with Crippen LogP contribution in [-0.2, 0) is 6.42 Å². The third-order valence-corrected chi connectivity index (χ3v) is 2.73. The molecule has 2 heterocycles. The molecule has 2 aromatic heterocycles. The molecule has 0 atom stereocenters. The Bertz CT molecular complexity index is 437. The first kappa shape index (κ1) is 10.3. The maximum Gasteiger partial charge on any atom is 0.138 e. The predicted octanol–water partition coefficient (Wildman–Crippen LogP) is 2.91. The molecular weight excluding hydrogens is 210 g/mol. The van der Waals surface area contributed by atoms with Gasteiger partial charge < -0.3 is 10.1 Å². The van der Waals surface area contributed by atoms with Crippen molar-refractivity contribution in [2.75, 3.05) is 5.73 Å². The van der Waals surface area contributed by atoms with Crippen LogP contribution in [0, 0.1) is 0 Å². The van der Waals surface area contributed by atoms with E-state index in [-0.39, 0.29) is 0 Å². The normalized spacial score (nSPS) is 11.1. The Kier molecular flexibility index (Phi) is 2.82. The number of hydrogen-bond donors (Lipinski definition) is 1. The summed E-state index contributed by atoms with van der Waals surface area (Å²) in [7, 11) is 0. The minimum absolute atomic E-state index is 0.565. The second-order valence-electron chi connectivity index (χ2n) is 3.68. The van der Waals surface area contributed by atoms with Gasteiger partial charge in [-0.05, 0) is 12.8 Å². The zero-order chi connectivity index (χ0) is 10.8. The van der Waals surface area contributed by atoms with Crippen LogP contribution in [0.25, 0.3) is 5.65 Å². The van der Waals surface area contributed by atoms with Gasteiger partial charge in [0, 0.05) is 18.5 Å². The molecule has 0 aliphatic carbocycles. The van der Waals surface area contributed by atoms with E-state index >= 15 is 0 Å². The average molecular weight is 224 g/mol. The Hall–Kier alpha value is -1.22. The van der Waals surface area contributed by atoms with Crippen molar-refractivity contribution >= 4 is 22.9 Å². The maximum absolute atomic E-state index is 5.92. The van der Waals surface area contributed by atoms with Crippen LogP contribution in [0.4, 0.5) is 5.69 Å². The zero-order valence-corrected chi connectivity index (χ0v) is 9.46. The average Bonchev–Trinajstić information content (AvgIpc) is 2.58. The Morgan fingerprint density at radius 2 is 2.27 bits per heavy atom. The molecule has 0 spiro atoms. The molecule has 2 N–H and O–H groups in total. The first-order valence-corrected chi connectivity index (χ1v) is 5.51. The summed E-state index contributed by atoms with van der Waals surface area (Å²) in [6, 6.07) is 1.80. The predicted molar refractivity (Wildman–Crippen MR) is 63.2 cm³/mol. The van der Waals surface area contributed by atoms with E-state index in [1.807, 2.05) is 10.6 Å². The smallest absolute Gasteiger partial charge is 0.138 e. The third kappa shape index (κ3) is 2.07. The summed E-state index contributed by atoms with van der Waals surface area (Å²) in [4.78, 5) is 4.48. The summed E-state index contributed by atoms with van der Waals surface area (Å²) in [6.07, 6.45) is 7.16. The number of unbranched alkanes of at least 4 members (excludes halogenated alkanes) is 1. The van der Waals surface area contributed by atoms with E-state index in [0.29, 0.717) is 10.7 Å². The fraction of sp³-hybridized carbons (Fsp3) is 0.364. The molecule has 0 saturated carbocycles. The number of aromatic nitrogens is 2. The van der Waals surface area contributed by atoms with Crippen molar-refractivity contribution in [3.8, 4) is 0 Å². The number of aryl methyl sites for hydroxylation is 1. The second kappa shape index (κ2) is 4.11. The van der Waals surface area contributed by atoms with E-state index in [1.165, 1.54) is 6.42 Å². The van der Waals surface area contributed by atoms with Gasteiger partial charge >= 0.3 is 0 Å². The number of nitrogens with zero attached hydrogens (tertiary/aromatic N) is 2. The van der Waals surface area contributed by atoms with Crippen molar-refractivity contribution < 1.29 is 0 Å². The summed E-state index contributed by atoms with van der Waals surface area (Å²) >= 11 is 5.92. The van der Waals surface area contributed by atoms with Crippen LogP contribution < -0.4 is 5.73 Å². The Labute approximate surface area is 93.9 Å². The van der Waals surface area contributed by atoms with Crippen LogP contribution in [0.3, 0.4) is 0 Å². The highest BCUT2D eigenvalue weighted by Gasteiger charge is 2.04. The zero-order valence-electron chi connectivity index (χ0n) is 8.70.